The Morgan fingerprint density at radius 3 is 2.57 bits per heavy atom. The van der Waals surface area contributed by atoms with Gasteiger partial charge in [-0.05, 0) is 38.3 Å². The molecule has 2 saturated heterocycles. The number of rotatable bonds is 4. The predicted molar refractivity (Wildman–Crippen MR) is 77.7 cm³/mol. The van der Waals surface area contributed by atoms with Crippen LogP contribution in [0.2, 0.25) is 0 Å². The average Bonchev–Trinajstić information content (AvgIpc) is 2.99. The highest BCUT2D eigenvalue weighted by molar-refractivity contribution is 5.73. The quantitative estimate of drug-likeness (QED) is 0.892. The van der Waals surface area contributed by atoms with Crippen LogP contribution in [0.3, 0.4) is 0 Å². The Kier molecular flexibility index (Phi) is 4.45. The predicted octanol–water partition coefficient (Wildman–Crippen LogP) is 0.990. The van der Waals surface area contributed by atoms with Gasteiger partial charge in [0.15, 0.2) is 0 Å². The van der Waals surface area contributed by atoms with Gasteiger partial charge in [0.2, 0.25) is 0 Å². The first-order valence-corrected chi connectivity index (χ1v) is 7.71. The topological polar surface area (TPSA) is 69.6 Å². The largest absolute Gasteiger partial charge is 0.480 e. The maximum atomic E-state index is 11.3. The molecular weight excluding hydrogens is 268 g/mol. The smallest absolute Gasteiger partial charge is 0.320 e. The number of carboxylic acid groups (broad SMARTS) is 1. The first-order chi connectivity index (χ1) is 10.2. The van der Waals surface area contributed by atoms with E-state index >= 15 is 0 Å². The lowest BCUT2D eigenvalue weighted by atomic mass is 10.0. The molecule has 0 radical (unpaired) electrons. The Labute approximate surface area is 124 Å². The molecule has 1 unspecified atom stereocenters. The van der Waals surface area contributed by atoms with Gasteiger partial charge in [-0.15, -0.1) is 0 Å². The van der Waals surface area contributed by atoms with Crippen molar-refractivity contribution in [3.63, 3.8) is 0 Å². The van der Waals surface area contributed by atoms with E-state index < -0.39 is 5.97 Å². The fourth-order valence-corrected chi connectivity index (χ4v) is 3.51. The Bertz CT molecular complexity index is 474. The van der Waals surface area contributed by atoms with Gasteiger partial charge in [-0.1, -0.05) is 0 Å². The van der Waals surface area contributed by atoms with Crippen LogP contribution in [0.5, 0.6) is 0 Å². The second-order valence-electron chi connectivity index (χ2n) is 5.91. The van der Waals surface area contributed by atoms with E-state index in [1.54, 1.807) is 12.4 Å². The van der Waals surface area contributed by atoms with Gasteiger partial charge >= 0.3 is 5.97 Å². The van der Waals surface area contributed by atoms with Crippen LogP contribution in [-0.4, -0.2) is 62.6 Å². The molecule has 1 aromatic heterocycles. The zero-order chi connectivity index (χ0) is 14.7. The van der Waals surface area contributed by atoms with Crippen LogP contribution in [0, 0.1) is 0 Å². The number of nitrogens with zero attached hydrogens (tertiary/aromatic N) is 4. The maximum absolute atomic E-state index is 11.3. The number of hydrogen-bond acceptors (Lipinski definition) is 5. The zero-order valence-electron chi connectivity index (χ0n) is 12.2. The van der Waals surface area contributed by atoms with E-state index in [0.717, 1.165) is 57.7 Å². The summed E-state index contributed by atoms with van der Waals surface area (Å²) in [5.74, 6) is 0.202. The summed E-state index contributed by atoms with van der Waals surface area (Å²) in [4.78, 5) is 24.4. The standard InChI is InChI=1S/C15H22N4O2/c20-15(21)13-3-1-8-19(13)12-4-9-18(10-5-12)11-14-16-6-2-7-17-14/h2,6-7,12-13H,1,3-5,8-11H2,(H,20,21). The van der Waals surface area contributed by atoms with Crippen molar-refractivity contribution < 1.29 is 9.90 Å². The van der Waals surface area contributed by atoms with E-state index in [1.807, 2.05) is 6.07 Å². The normalized spacial score (nSPS) is 25.2. The molecule has 6 nitrogen and oxygen atoms in total. The second kappa shape index (κ2) is 6.49. The summed E-state index contributed by atoms with van der Waals surface area (Å²) >= 11 is 0. The molecule has 6 heteroatoms. The molecule has 1 N–H and O–H groups in total. The molecule has 3 heterocycles. The molecule has 0 amide bonds. The van der Waals surface area contributed by atoms with Gasteiger partial charge < -0.3 is 5.11 Å². The Morgan fingerprint density at radius 2 is 1.90 bits per heavy atom. The lowest BCUT2D eigenvalue weighted by Crippen LogP contribution is -2.48. The summed E-state index contributed by atoms with van der Waals surface area (Å²) in [6.07, 6.45) is 7.43. The van der Waals surface area contributed by atoms with E-state index in [0.29, 0.717) is 6.04 Å². The number of piperidine rings is 1. The summed E-state index contributed by atoms with van der Waals surface area (Å²) in [5.41, 5.74) is 0. The van der Waals surface area contributed by atoms with Crippen molar-refractivity contribution in [3.05, 3.63) is 24.3 Å². The number of carboxylic acids is 1. The van der Waals surface area contributed by atoms with Crippen molar-refractivity contribution in [1.29, 1.82) is 0 Å². The SMILES string of the molecule is O=C(O)C1CCCN1C1CCN(Cc2ncccn2)CC1. The number of likely N-dealkylation sites (tertiary alicyclic amines) is 2. The lowest BCUT2D eigenvalue weighted by Gasteiger charge is -2.38. The summed E-state index contributed by atoms with van der Waals surface area (Å²) in [6, 6.07) is 1.98. The number of aliphatic carboxylic acids is 1. The number of carbonyl (C=O) groups is 1. The van der Waals surface area contributed by atoms with Crippen LogP contribution < -0.4 is 0 Å². The van der Waals surface area contributed by atoms with Crippen molar-refractivity contribution in [1.82, 2.24) is 19.8 Å². The van der Waals surface area contributed by atoms with Gasteiger partial charge in [-0.2, -0.15) is 0 Å². The first kappa shape index (κ1) is 14.4. The van der Waals surface area contributed by atoms with Crippen molar-refractivity contribution in [2.75, 3.05) is 19.6 Å². The fraction of sp³-hybridized carbons (Fsp3) is 0.667. The van der Waals surface area contributed by atoms with E-state index in [4.69, 9.17) is 0 Å². The van der Waals surface area contributed by atoms with E-state index in [9.17, 15) is 9.90 Å². The van der Waals surface area contributed by atoms with Crippen LogP contribution in [0.1, 0.15) is 31.5 Å². The van der Waals surface area contributed by atoms with Crippen molar-refractivity contribution in [2.24, 2.45) is 0 Å². The van der Waals surface area contributed by atoms with Crippen LogP contribution in [0.25, 0.3) is 0 Å². The van der Waals surface area contributed by atoms with E-state index in [2.05, 4.69) is 19.8 Å². The molecule has 0 bridgehead atoms. The molecule has 0 aromatic carbocycles. The third-order valence-corrected chi connectivity index (χ3v) is 4.59. The minimum atomic E-state index is -0.660. The molecule has 2 aliphatic heterocycles. The van der Waals surface area contributed by atoms with Gasteiger partial charge in [0.25, 0.3) is 0 Å². The van der Waals surface area contributed by atoms with Gasteiger partial charge in [-0.25, -0.2) is 9.97 Å². The Balaban J connectivity index is 1.52. The van der Waals surface area contributed by atoms with Crippen molar-refractivity contribution >= 4 is 5.97 Å². The summed E-state index contributed by atoms with van der Waals surface area (Å²) in [6.45, 7) is 3.71. The highest BCUT2D eigenvalue weighted by atomic mass is 16.4. The van der Waals surface area contributed by atoms with Crippen LogP contribution >= 0.6 is 0 Å². The molecule has 0 aliphatic carbocycles. The van der Waals surface area contributed by atoms with Crippen molar-refractivity contribution in [2.45, 2.75) is 44.3 Å². The van der Waals surface area contributed by atoms with Gasteiger partial charge in [0.05, 0.1) is 6.54 Å². The number of hydrogen-bond donors (Lipinski definition) is 1. The lowest BCUT2D eigenvalue weighted by molar-refractivity contribution is -0.143. The molecule has 0 spiro atoms. The van der Waals surface area contributed by atoms with Crippen LogP contribution in [0.4, 0.5) is 0 Å². The highest BCUT2D eigenvalue weighted by Crippen LogP contribution is 2.26. The maximum Gasteiger partial charge on any atom is 0.320 e. The minimum absolute atomic E-state index is 0.265. The third-order valence-electron chi connectivity index (χ3n) is 4.59. The molecule has 2 fully saturated rings. The average molecular weight is 290 g/mol. The molecular formula is C15H22N4O2. The van der Waals surface area contributed by atoms with Crippen molar-refractivity contribution in [3.8, 4) is 0 Å². The minimum Gasteiger partial charge on any atom is -0.480 e. The van der Waals surface area contributed by atoms with Gasteiger partial charge in [-0.3, -0.25) is 14.6 Å². The molecule has 3 rings (SSSR count). The van der Waals surface area contributed by atoms with Crippen LogP contribution in [0.15, 0.2) is 18.5 Å². The highest BCUT2D eigenvalue weighted by Gasteiger charge is 2.36. The van der Waals surface area contributed by atoms with Gasteiger partial charge in [0.1, 0.15) is 11.9 Å². The molecule has 1 atom stereocenters. The molecule has 1 aromatic rings. The van der Waals surface area contributed by atoms with E-state index in [-0.39, 0.29) is 6.04 Å². The molecule has 21 heavy (non-hydrogen) atoms. The zero-order valence-corrected chi connectivity index (χ0v) is 12.2. The second-order valence-corrected chi connectivity index (χ2v) is 5.91. The third kappa shape index (κ3) is 3.39. The van der Waals surface area contributed by atoms with Gasteiger partial charge in [0, 0.05) is 31.5 Å². The summed E-state index contributed by atoms with van der Waals surface area (Å²) in [7, 11) is 0. The monoisotopic (exact) mass is 290 g/mol. The van der Waals surface area contributed by atoms with E-state index in [1.165, 1.54) is 0 Å². The molecule has 114 valence electrons. The summed E-state index contributed by atoms with van der Waals surface area (Å²) in [5, 5.41) is 9.29. The molecule has 0 saturated carbocycles. The Morgan fingerprint density at radius 1 is 1.19 bits per heavy atom. The van der Waals surface area contributed by atoms with Crippen LogP contribution in [-0.2, 0) is 11.3 Å². The molecule has 2 aliphatic rings. The first-order valence-electron chi connectivity index (χ1n) is 7.71. The fourth-order valence-electron chi connectivity index (χ4n) is 3.51. The number of aromatic nitrogens is 2. The summed E-state index contributed by atoms with van der Waals surface area (Å²) < 4.78 is 0. The Hall–Kier alpha value is -1.53.